The molecule has 0 amide bonds. The lowest BCUT2D eigenvalue weighted by atomic mass is 10.2. The summed E-state index contributed by atoms with van der Waals surface area (Å²) in [5, 5.41) is 0.523. The van der Waals surface area contributed by atoms with Gasteiger partial charge in [-0.2, -0.15) is 0 Å². The molecule has 1 saturated heterocycles. The second-order valence-electron chi connectivity index (χ2n) is 6.86. The topological polar surface area (TPSA) is 42.0 Å². The molecule has 28 heavy (non-hydrogen) atoms. The summed E-state index contributed by atoms with van der Waals surface area (Å²) in [6.45, 7) is 7.85. The van der Waals surface area contributed by atoms with Gasteiger partial charge in [0.1, 0.15) is 12.4 Å². The zero-order chi connectivity index (χ0) is 19.6. The molecule has 0 bridgehead atoms. The number of nitrogens with zero attached hydrogens (tertiary/aromatic N) is 2. The standard InChI is InChI=1S/C22H27ClN2O3/c23-21-6-7-22(20(16-21)18-26)28-15-14-27-13-12-24-8-10-25(11-9-24)17-19-4-2-1-3-5-19/h1-7,16,18H,8-15,17H2. The van der Waals surface area contributed by atoms with Gasteiger partial charge in [-0.05, 0) is 23.8 Å². The lowest BCUT2D eigenvalue weighted by molar-refractivity contribution is 0.0601. The van der Waals surface area contributed by atoms with Gasteiger partial charge in [0.05, 0.1) is 18.8 Å². The minimum atomic E-state index is 0.410. The van der Waals surface area contributed by atoms with E-state index in [-0.39, 0.29) is 0 Å². The molecule has 0 unspecified atom stereocenters. The Morgan fingerprint density at radius 1 is 0.929 bits per heavy atom. The Kier molecular flexibility index (Phi) is 8.30. The lowest BCUT2D eigenvalue weighted by Gasteiger charge is -2.34. The quantitative estimate of drug-likeness (QED) is 0.450. The van der Waals surface area contributed by atoms with Crippen LogP contribution in [0.25, 0.3) is 0 Å². The van der Waals surface area contributed by atoms with Gasteiger partial charge >= 0.3 is 0 Å². The van der Waals surface area contributed by atoms with Crippen LogP contribution in [0, 0.1) is 0 Å². The Hall–Kier alpha value is -1.92. The predicted octanol–water partition coefficient (Wildman–Crippen LogP) is 3.37. The lowest BCUT2D eigenvalue weighted by Crippen LogP contribution is -2.46. The van der Waals surface area contributed by atoms with Crippen molar-refractivity contribution in [2.75, 3.05) is 52.5 Å². The van der Waals surface area contributed by atoms with Crippen LogP contribution in [0.2, 0.25) is 5.02 Å². The van der Waals surface area contributed by atoms with Crippen molar-refractivity contribution in [3.05, 3.63) is 64.7 Å². The van der Waals surface area contributed by atoms with Gasteiger partial charge in [-0.15, -0.1) is 0 Å². The molecule has 0 N–H and O–H groups in total. The molecule has 2 aromatic rings. The van der Waals surface area contributed by atoms with E-state index in [0.29, 0.717) is 36.2 Å². The van der Waals surface area contributed by atoms with Gasteiger partial charge < -0.3 is 9.47 Å². The fourth-order valence-electron chi connectivity index (χ4n) is 3.26. The molecule has 0 saturated carbocycles. The number of halogens is 1. The highest BCUT2D eigenvalue weighted by Crippen LogP contribution is 2.21. The first-order valence-corrected chi connectivity index (χ1v) is 10.1. The molecule has 5 nitrogen and oxygen atoms in total. The Morgan fingerprint density at radius 3 is 2.43 bits per heavy atom. The number of benzene rings is 2. The van der Waals surface area contributed by atoms with E-state index in [9.17, 15) is 4.79 Å². The average Bonchev–Trinajstić information content (AvgIpc) is 2.73. The van der Waals surface area contributed by atoms with Crippen LogP contribution in [0.4, 0.5) is 0 Å². The third-order valence-electron chi connectivity index (χ3n) is 4.85. The van der Waals surface area contributed by atoms with Crippen molar-refractivity contribution in [1.82, 2.24) is 9.80 Å². The number of aldehydes is 1. The summed E-state index contributed by atoms with van der Waals surface area (Å²) in [5.41, 5.74) is 1.83. The molecular weight excluding hydrogens is 376 g/mol. The largest absolute Gasteiger partial charge is 0.490 e. The Bertz CT molecular complexity index is 734. The van der Waals surface area contributed by atoms with Gasteiger partial charge in [0.25, 0.3) is 0 Å². The number of carbonyl (C=O) groups is 1. The van der Waals surface area contributed by atoms with Gasteiger partial charge in [-0.3, -0.25) is 14.6 Å². The van der Waals surface area contributed by atoms with Gasteiger partial charge in [-0.1, -0.05) is 41.9 Å². The van der Waals surface area contributed by atoms with Crippen molar-refractivity contribution in [2.24, 2.45) is 0 Å². The van der Waals surface area contributed by atoms with E-state index in [1.807, 2.05) is 0 Å². The summed E-state index contributed by atoms with van der Waals surface area (Å²) in [6.07, 6.45) is 0.750. The normalized spacial score (nSPS) is 15.5. The van der Waals surface area contributed by atoms with Crippen molar-refractivity contribution in [2.45, 2.75) is 6.54 Å². The molecule has 0 atom stereocenters. The summed E-state index contributed by atoms with van der Waals surface area (Å²) in [4.78, 5) is 16.0. The first-order valence-electron chi connectivity index (χ1n) is 9.68. The molecule has 0 aliphatic carbocycles. The van der Waals surface area contributed by atoms with Crippen molar-refractivity contribution < 1.29 is 14.3 Å². The fraction of sp³-hybridized carbons (Fsp3) is 0.409. The molecular formula is C22H27ClN2O3. The summed E-state index contributed by atoms with van der Waals surface area (Å²) < 4.78 is 11.3. The second kappa shape index (κ2) is 11.2. The van der Waals surface area contributed by atoms with Crippen molar-refractivity contribution >= 4 is 17.9 Å². The van der Waals surface area contributed by atoms with Crippen molar-refractivity contribution in [3.63, 3.8) is 0 Å². The molecule has 1 aliphatic rings. The van der Waals surface area contributed by atoms with Gasteiger partial charge in [0, 0.05) is 44.3 Å². The maximum absolute atomic E-state index is 11.0. The number of hydrogen-bond donors (Lipinski definition) is 0. The first kappa shape index (κ1) is 20.8. The van der Waals surface area contributed by atoms with E-state index >= 15 is 0 Å². The molecule has 1 heterocycles. The summed E-state index contributed by atoms with van der Waals surface area (Å²) in [7, 11) is 0. The van der Waals surface area contributed by atoms with Gasteiger partial charge in [0.15, 0.2) is 6.29 Å². The smallest absolute Gasteiger partial charge is 0.153 e. The SMILES string of the molecule is O=Cc1cc(Cl)ccc1OCCOCCN1CCN(Cc2ccccc2)CC1. The number of hydrogen-bond acceptors (Lipinski definition) is 5. The Morgan fingerprint density at radius 2 is 1.68 bits per heavy atom. The van der Waals surface area contributed by atoms with E-state index in [1.165, 1.54) is 5.56 Å². The van der Waals surface area contributed by atoms with Gasteiger partial charge in [-0.25, -0.2) is 0 Å². The summed E-state index contributed by atoms with van der Waals surface area (Å²) >= 11 is 5.87. The fourth-order valence-corrected chi connectivity index (χ4v) is 3.44. The highest BCUT2D eigenvalue weighted by molar-refractivity contribution is 6.30. The van der Waals surface area contributed by atoms with Crippen LogP contribution in [0.5, 0.6) is 5.75 Å². The molecule has 0 spiro atoms. The maximum Gasteiger partial charge on any atom is 0.153 e. The number of rotatable bonds is 10. The molecule has 1 fully saturated rings. The van der Waals surface area contributed by atoms with Crippen LogP contribution in [0.3, 0.4) is 0 Å². The highest BCUT2D eigenvalue weighted by Gasteiger charge is 2.16. The van der Waals surface area contributed by atoms with Crippen molar-refractivity contribution in [3.8, 4) is 5.75 Å². The highest BCUT2D eigenvalue weighted by atomic mass is 35.5. The molecule has 150 valence electrons. The maximum atomic E-state index is 11.0. The average molecular weight is 403 g/mol. The van der Waals surface area contributed by atoms with Crippen LogP contribution in [0.1, 0.15) is 15.9 Å². The monoisotopic (exact) mass is 402 g/mol. The molecule has 0 radical (unpaired) electrons. The zero-order valence-electron chi connectivity index (χ0n) is 16.1. The summed E-state index contributed by atoms with van der Waals surface area (Å²) in [6, 6.07) is 15.6. The number of piperazine rings is 1. The van der Waals surface area contributed by atoms with E-state index in [0.717, 1.165) is 45.6 Å². The third-order valence-corrected chi connectivity index (χ3v) is 5.08. The molecule has 3 rings (SSSR count). The minimum absolute atomic E-state index is 0.410. The van der Waals surface area contributed by atoms with E-state index in [4.69, 9.17) is 21.1 Å². The van der Waals surface area contributed by atoms with E-state index in [1.54, 1.807) is 18.2 Å². The second-order valence-corrected chi connectivity index (χ2v) is 7.30. The molecule has 2 aromatic carbocycles. The van der Waals surface area contributed by atoms with Crippen LogP contribution in [0.15, 0.2) is 48.5 Å². The molecule has 1 aliphatic heterocycles. The first-order chi connectivity index (χ1) is 13.7. The predicted molar refractivity (Wildman–Crippen MR) is 111 cm³/mol. The minimum Gasteiger partial charge on any atom is -0.490 e. The van der Waals surface area contributed by atoms with Crippen LogP contribution < -0.4 is 4.74 Å². The van der Waals surface area contributed by atoms with E-state index < -0.39 is 0 Å². The van der Waals surface area contributed by atoms with Gasteiger partial charge in [0.2, 0.25) is 0 Å². The molecule has 6 heteroatoms. The van der Waals surface area contributed by atoms with Crippen LogP contribution >= 0.6 is 11.6 Å². The molecule has 0 aromatic heterocycles. The number of ether oxygens (including phenoxy) is 2. The Labute approximate surface area is 171 Å². The van der Waals surface area contributed by atoms with Crippen LogP contribution in [-0.4, -0.2) is 68.6 Å². The summed E-state index contributed by atoms with van der Waals surface area (Å²) in [5.74, 6) is 0.539. The third kappa shape index (κ3) is 6.60. The van der Waals surface area contributed by atoms with Crippen LogP contribution in [-0.2, 0) is 11.3 Å². The van der Waals surface area contributed by atoms with E-state index in [2.05, 4.69) is 40.1 Å². The Balaban J connectivity index is 1.26. The van der Waals surface area contributed by atoms with Crippen molar-refractivity contribution in [1.29, 1.82) is 0 Å². The number of carbonyl (C=O) groups excluding carboxylic acids is 1. The zero-order valence-corrected chi connectivity index (χ0v) is 16.8.